The Morgan fingerprint density at radius 3 is 2.15 bits per heavy atom. The van der Waals surface area contributed by atoms with Crippen LogP contribution in [0, 0.1) is 0 Å². The fourth-order valence-corrected chi connectivity index (χ4v) is 3.22. The van der Waals surface area contributed by atoms with Crippen molar-refractivity contribution in [1.82, 2.24) is 9.88 Å². The monoisotopic (exact) mass is 390 g/mol. The lowest BCUT2D eigenvalue weighted by molar-refractivity contribution is 0.262. The molecule has 3 rings (SSSR count). The number of benzene rings is 1. The number of nitrogens with zero attached hydrogens (tertiary/aromatic N) is 3. The first kappa shape index (κ1) is 19.1. The van der Waals surface area contributed by atoms with Gasteiger partial charge in [0.25, 0.3) is 0 Å². The number of carbonyl (C=O) groups excluding carboxylic acids is 1. The highest BCUT2D eigenvalue weighted by atomic mass is 32.2. The van der Waals surface area contributed by atoms with Crippen molar-refractivity contribution in [3.8, 4) is 0 Å². The van der Waals surface area contributed by atoms with Crippen molar-refractivity contribution in [1.29, 1.82) is 0 Å². The van der Waals surface area contributed by atoms with E-state index in [2.05, 4.69) is 32.5 Å². The number of urea groups is 1. The number of piperazine rings is 1. The highest BCUT2D eigenvalue weighted by Gasteiger charge is 2.15. The van der Waals surface area contributed by atoms with E-state index in [1.165, 1.54) is 24.3 Å². The lowest BCUT2D eigenvalue weighted by Crippen LogP contribution is -2.44. The molecule has 0 bridgehead atoms. The molecule has 1 aliphatic heterocycles. The van der Waals surface area contributed by atoms with Crippen LogP contribution >= 0.6 is 0 Å². The van der Waals surface area contributed by atoms with Gasteiger partial charge >= 0.3 is 6.03 Å². The van der Waals surface area contributed by atoms with Gasteiger partial charge in [0.05, 0.1) is 16.8 Å². The van der Waals surface area contributed by atoms with Crippen LogP contribution in [0.2, 0.25) is 0 Å². The number of likely N-dealkylation sites (N-methyl/N-ethyl adjacent to an activating group) is 1. The summed E-state index contributed by atoms with van der Waals surface area (Å²) in [6.45, 7) is 3.83. The molecule has 27 heavy (non-hydrogen) atoms. The molecular formula is C17H22N6O3S. The molecule has 0 radical (unpaired) electrons. The Hall–Kier alpha value is -2.69. The molecule has 4 N–H and O–H groups in total. The third kappa shape index (κ3) is 5.16. The zero-order chi connectivity index (χ0) is 19.4. The lowest BCUT2D eigenvalue weighted by Gasteiger charge is -2.33. The molecule has 0 unspecified atom stereocenters. The normalized spacial score (nSPS) is 15.4. The summed E-state index contributed by atoms with van der Waals surface area (Å²) in [5, 5.41) is 10.4. The fourth-order valence-electron chi connectivity index (χ4n) is 2.70. The third-order valence-corrected chi connectivity index (χ3v) is 5.20. The van der Waals surface area contributed by atoms with E-state index in [-0.39, 0.29) is 4.90 Å². The van der Waals surface area contributed by atoms with Crippen LogP contribution in [0.15, 0.2) is 47.5 Å². The maximum absolute atomic E-state index is 12.1. The first-order valence-electron chi connectivity index (χ1n) is 8.42. The number of carbonyl (C=O) groups is 1. The van der Waals surface area contributed by atoms with Crippen molar-refractivity contribution in [2.75, 3.05) is 48.8 Å². The summed E-state index contributed by atoms with van der Waals surface area (Å²) in [4.78, 5) is 20.9. The van der Waals surface area contributed by atoms with Crippen LogP contribution in [0.4, 0.5) is 22.0 Å². The van der Waals surface area contributed by atoms with Gasteiger partial charge in [-0.15, -0.1) is 0 Å². The van der Waals surface area contributed by atoms with Gasteiger partial charge in [0.1, 0.15) is 5.82 Å². The Bertz CT molecular complexity index is 891. The Labute approximate surface area is 158 Å². The van der Waals surface area contributed by atoms with Crippen LogP contribution in [0.1, 0.15) is 0 Å². The van der Waals surface area contributed by atoms with Crippen molar-refractivity contribution in [3.63, 3.8) is 0 Å². The molecule has 1 aromatic heterocycles. The molecule has 1 fully saturated rings. The van der Waals surface area contributed by atoms with Crippen LogP contribution < -0.4 is 20.7 Å². The van der Waals surface area contributed by atoms with Crippen molar-refractivity contribution >= 4 is 33.2 Å². The Kier molecular flexibility index (Phi) is 5.59. The van der Waals surface area contributed by atoms with Crippen molar-refractivity contribution in [2.45, 2.75) is 4.90 Å². The summed E-state index contributed by atoms with van der Waals surface area (Å²) >= 11 is 0. The zero-order valence-corrected chi connectivity index (χ0v) is 15.7. The molecule has 0 aliphatic carbocycles. The van der Waals surface area contributed by atoms with Gasteiger partial charge in [-0.2, -0.15) is 0 Å². The van der Waals surface area contributed by atoms with Gasteiger partial charge in [0.15, 0.2) is 0 Å². The molecule has 0 saturated carbocycles. The van der Waals surface area contributed by atoms with Gasteiger partial charge in [-0.05, 0) is 43.4 Å². The Balaban J connectivity index is 1.56. The smallest absolute Gasteiger partial charge is 0.323 e. The number of nitrogens with two attached hydrogens (primary N) is 1. The van der Waals surface area contributed by atoms with Gasteiger partial charge in [0.2, 0.25) is 10.0 Å². The highest BCUT2D eigenvalue weighted by molar-refractivity contribution is 7.89. The van der Waals surface area contributed by atoms with Crippen molar-refractivity contribution in [3.05, 3.63) is 42.6 Å². The Morgan fingerprint density at radius 2 is 1.59 bits per heavy atom. The summed E-state index contributed by atoms with van der Waals surface area (Å²) < 4.78 is 22.5. The van der Waals surface area contributed by atoms with Gasteiger partial charge in [-0.3, -0.25) is 0 Å². The second-order valence-electron chi connectivity index (χ2n) is 6.34. The number of hydrogen-bond acceptors (Lipinski definition) is 6. The summed E-state index contributed by atoms with van der Waals surface area (Å²) in [6.07, 6.45) is 1.61. The number of anilines is 3. The predicted octanol–water partition coefficient (Wildman–Crippen LogP) is 1.12. The van der Waals surface area contributed by atoms with E-state index in [0.717, 1.165) is 32.0 Å². The molecule has 2 aromatic rings. The van der Waals surface area contributed by atoms with Crippen LogP contribution in [0.3, 0.4) is 0 Å². The number of primary sulfonamides is 1. The van der Waals surface area contributed by atoms with Crippen LogP contribution in [-0.2, 0) is 10.0 Å². The van der Waals surface area contributed by atoms with Crippen LogP contribution in [-0.4, -0.2) is 57.6 Å². The molecule has 10 heteroatoms. The minimum absolute atomic E-state index is 0.0165. The summed E-state index contributed by atoms with van der Waals surface area (Å²) in [5.41, 5.74) is 1.01. The van der Waals surface area contributed by atoms with Crippen molar-refractivity contribution in [2.24, 2.45) is 5.14 Å². The predicted molar refractivity (Wildman–Crippen MR) is 104 cm³/mol. The molecule has 1 aliphatic rings. The van der Waals surface area contributed by atoms with Gasteiger partial charge in [0, 0.05) is 31.9 Å². The maximum atomic E-state index is 12.1. The molecule has 1 saturated heterocycles. The number of aromatic nitrogens is 1. The molecular weight excluding hydrogens is 368 g/mol. The van der Waals surface area contributed by atoms with E-state index in [4.69, 9.17) is 5.14 Å². The van der Waals surface area contributed by atoms with Crippen LogP contribution in [0.5, 0.6) is 0 Å². The third-order valence-electron chi connectivity index (χ3n) is 4.27. The van der Waals surface area contributed by atoms with E-state index in [1.54, 1.807) is 12.3 Å². The second kappa shape index (κ2) is 7.91. The van der Waals surface area contributed by atoms with E-state index in [1.807, 2.05) is 6.07 Å². The van der Waals surface area contributed by atoms with E-state index in [0.29, 0.717) is 11.4 Å². The number of sulfonamides is 1. The SMILES string of the molecule is CN1CCN(c2ccc(NC(=O)Nc3ccc(S(N)(=O)=O)cc3)cn2)CC1. The van der Waals surface area contributed by atoms with Gasteiger partial charge < -0.3 is 20.4 Å². The molecule has 9 nitrogen and oxygen atoms in total. The minimum atomic E-state index is -3.76. The topological polar surface area (TPSA) is 121 Å². The fraction of sp³-hybridized carbons (Fsp3) is 0.294. The Morgan fingerprint density at radius 1 is 1.00 bits per heavy atom. The number of pyridine rings is 1. The highest BCUT2D eigenvalue weighted by Crippen LogP contribution is 2.17. The van der Waals surface area contributed by atoms with Crippen LogP contribution in [0.25, 0.3) is 0 Å². The summed E-state index contributed by atoms with van der Waals surface area (Å²) in [6, 6.07) is 8.82. The first-order chi connectivity index (χ1) is 12.8. The zero-order valence-electron chi connectivity index (χ0n) is 14.9. The molecule has 1 aromatic carbocycles. The molecule has 0 atom stereocenters. The standard InChI is InChI=1S/C17H22N6O3S/c1-22-8-10-23(11-9-22)16-7-4-14(12-19-16)21-17(24)20-13-2-5-15(6-3-13)27(18,25)26/h2-7,12H,8-11H2,1H3,(H2,18,25,26)(H2,20,21,24). The second-order valence-corrected chi connectivity index (χ2v) is 7.91. The number of nitrogens with one attached hydrogen (secondary N) is 2. The lowest BCUT2D eigenvalue weighted by atomic mass is 10.3. The molecule has 2 amide bonds. The molecule has 0 spiro atoms. The number of rotatable bonds is 4. The van der Waals surface area contributed by atoms with E-state index < -0.39 is 16.1 Å². The average molecular weight is 390 g/mol. The molecule has 2 heterocycles. The minimum Gasteiger partial charge on any atom is -0.354 e. The van der Waals surface area contributed by atoms with Gasteiger partial charge in [-0.25, -0.2) is 23.3 Å². The largest absolute Gasteiger partial charge is 0.354 e. The summed E-state index contributed by atoms with van der Waals surface area (Å²) in [7, 11) is -1.66. The number of hydrogen-bond donors (Lipinski definition) is 3. The number of amides is 2. The van der Waals surface area contributed by atoms with E-state index in [9.17, 15) is 13.2 Å². The van der Waals surface area contributed by atoms with Crippen molar-refractivity contribution < 1.29 is 13.2 Å². The quantitative estimate of drug-likeness (QED) is 0.720. The maximum Gasteiger partial charge on any atom is 0.323 e. The van der Waals surface area contributed by atoms with Gasteiger partial charge in [-0.1, -0.05) is 0 Å². The average Bonchev–Trinajstić information content (AvgIpc) is 2.63. The van der Waals surface area contributed by atoms with E-state index >= 15 is 0 Å². The molecule has 144 valence electrons. The first-order valence-corrected chi connectivity index (χ1v) is 9.96. The summed E-state index contributed by atoms with van der Waals surface area (Å²) in [5.74, 6) is 0.882.